The van der Waals surface area contributed by atoms with Crippen molar-refractivity contribution in [2.75, 3.05) is 0 Å². The first-order valence-corrected chi connectivity index (χ1v) is 2.75. The molecule has 0 aromatic carbocycles. The van der Waals surface area contributed by atoms with Crippen LogP contribution in [0, 0.1) is 0 Å². The molecule has 0 radical (unpaired) electrons. The van der Waals surface area contributed by atoms with Gasteiger partial charge in [0.2, 0.25) is 0 Å². The summed E-state index contributed by atoms with van der Waals surface area (Å²) >= 11 is 4.72. The lowest BCUT2D eigenvalue weighted by Crippen LogP contribution is -1.92. The van der Waals surface area contributed by atoms with Gasteiger partial charge in [0.25, 0.3) is 0 Å². The summed E-state index contributed by atoms with van der Waals surface area (Å²) in [5.74, 6) is -0.141. The van der Waals surface area contributed by atoms with Crippen LogP contribution in [0.2, 0.25) is 0 Å². The second-order valence-corrected chi connectivity index (χ2v) is 2.14. The monoisotopic (exact) mass is 128 g/mol. The Morgan fingerprint density at radius 3 is 2.75 bits per heavy atom. The third kappa shape index (κ3) is 1.23. The molecule has 1 aliphatic carbocycles. The predicted molar refractivity (Wildman–Crippen MR) is 35.5 cm³/mol. The Labute approximate surface area is 52.7 Å². The van der Waals surface area contributed by atoms with E-state index in [9.17, 15) is 4.39 Å². The molecule has 0 N–H and O–H groups in total. The quantitative estimate of drug-likeness (QED) is 0.450. The smallest absolute Gasteiger partial charge is 0.105 e. The molecule has 0 fully saturated rings. The number of halogens is 1. The Morgan fingerprint density at radius 2 is 2.38 bits per heavy atom. The van der Waals surface area contributed by atoms with Gasteiger partial charge in [-0.2, -0.15) is 0 Å². The maximum atomic E-state index is 12.2. The van der Waals surface area contributed by atoms with E-state index in [1.165, 1.54) is 6.08 Å². The molecule has 1 aliphatic rings. The largest absolute Gasteiger partial charge is 0.211 e. The Morgan fingerprint density at radius 1 is 1.62 bits per heavy atom. The van der Waals surface area contributed by atoms with Crippen LogP contribution in [0.15, 0.2) is 24.1 Å². The first kappa shape index (κ1) is 5.63. The zero-order valence-corrected chi connectivity index (χ0v) is 5.04. The van der Waals surface area contributed by atoms with Gasteiger partial charge in [0.15, 0.2) is 0 Å². The highest BCUT2D eigenvalue weighted by molar-refractivity contribution is 7.80. The molecule has 0 atom stereocenters. The van der Waals surface area contributed by atoms with E-state index in [0.29, 0.717) is 11.3 Å². The highest BCUT2D eigenvalue weighted by Crippen LogP contribution is 2.10. The molecule has 8 heavy (non-hydrogen) atoms. The molecular weight excluding hydrogens is 123 g/mol. The van der Waals surface area contributed by atoms with Gasteiger partial charge < -0.3 is 0 Å². The van der Waals surface area contributed by atoms with E-state index >= 15 is 0 Å². The fourth-order valence-electron chi connectivity index (χ4n) is 0.544. The van der Waals surface area contributed by atoms with Crippen LogP contribution >= 0.6 is 12.2 Å². The molecule has 0 aliphatic heterocycles. The number of hydrogen-bond acceptors (Lipinski definition) is 1. The molecule has 1 rings (SSSR count). The van der Waals surface area contributed by atoms with Gasteiger partial charge in [-0.1, -0.05) is 18.3 Å². The van der Waals surface area contributed by atoms with E-state index < -0.39 is 0 Å². The van der Waals surface area contributed by atoms with Crippen LogP contribution in [-0.2, 0) is 0 Å². The van der Waals surface area contributed by atoms with E-state index in [1.807, 2.05) is 0 Å². The Balaban J connectivity index is 2.73. The molecule has 0 spiro atoms. The van der Waals surface area contributed by atoms with Gasteiger partial charge in [-0.3, -0.25) is 0 Å². The summed E-state index contributed by atoms with van der Waals surface area (Å²) in [4.78, 5) is 0.671. The van der Waals surface area contributed by atoms with Gasteiger partial charge in [-0.25, -0.2) is 4.39 Å². The van der Waals surface area contributed by atoms with Crippen LogP contribution in [0.5, 0.6) is 0 Å². The van der Waals surface area contributed by atoms with E-state index in [0.717, 1.165) is 0 Å². The van der Waals surface area contributed by atoms with Crippen LogP contribution in [0.25, 0.3) is 0 Å². The van der Waals surface area contributed by atoms with Crippen molar-refractivity contribution in [2.45, 2.75) is 6.42 Å². The van der Waals surface area contributed by atoms with Crippen molar-refractivity contribution in [1.82, 2.24) is 0 Å². The minimum Gasteiger partial charge on any atom is -0.211 e. The minimum absolute atomic E-state index is 0.141. The molecule has 0 saturated heterocycles. The van der Waals surface area contributed by atoms with Gasteiger partial charge >= 0.3 is 0 Å². The number of allylic oxidation sites excluding steroid dienone is 4. The van der Waals surface area contributed by atoms with Crippen molar-refractivity contribution < 1.29 is 4.39 Å². The van der Waals surface area contributed by atoms with E-state index in [4.69, 9.17) is 12.2 Å². The van der Waals surface area contributed by atoms with Crippen molar-refractivity contribution in [3.05, 3.63) is 24.1 Å². The lowest BCUT2D eigenvalue weighted by molar-refractivity contribution is 0.625. The van der Waals surface area contributed by atoms with Gasteiger partial charge in [-0.15, -0.1) is 0 Å². The molecule has 0 heterocycles. The second-order valence-electron chi connectivity index (χ2n) is 1.62. The fourth-order valence-corrected chi connectivity index (χ4v) is 0.761. The van der Waals surface area contributed by atoms with Gasteiger partial charge in [0.05, 0.1) is 0 Å². The predicted octanol–water partition coefficient (Wildman–Crippen LogP) is 2.17. The molecule has 0 amide bonds. The third-order valence-electron chi connectivity index (χ3n) is 0.902. The van der Waals surface area contributed by atoms with Gasteiger partial charge in [0.1, 0.15) is 5.83 Å². The molecule has 0 aromatic rings. The van der Waals surface area contributed by atoms with Gasteiger partial charge in [-0.05, 0) is 12.2 Å². The molecule has 0 bridgehead atoms. The highest BCUT2D eigenvalue weighted by Gasteiger charge is 1.99. The second kappa shape index (κ2) is 2.18. The van der Waals surface area contributed by atoms with E-state index in [-0.39, 0.29) is 5.83 Å². The van der Waals surface area contributed by atoms with E-state index in [2.05, 4.69) is 0 Å². The van der Waals surface area contributed by atoms with E-state index in [1.54, 1.807) is 12.2 Å². The summed E-state index contributed by atoms with van der Waals surface area (Å²) in [6.45, 7) is 0. The average molecular weight is 128 g/mol. The molecule has 0 nitrogen and oxygen atoms in total. The molecule has 2 heteroatoms. The normalized spacial score (nSPS) is 18.6. The van der Waals surface area contributed by atoms with Gasteiger partial charge in [0, 0.05) is 11.3 Å². The number of hydrogen-bond donors (Lipinski definition) is 0. The lowest BCUT2D eigenvalue weighted by atomic mass is 10.2. The SMILES string of the molecule is FC1=CC=CC(=S)C1. The maximum absolute atomic E-state index is 12.2. The van der Waals surface area contributed by atoms with Crippen LogP contribution in [0.4, 0.5) is 4.39 Å². The Kier molecular flexibility index (Phi) is 1.53. The van der Waals surface area contributed by atoms with Crippen molar-refractivity contribution in [2.24, 2.45) is 0 Å². The topological polar surface area (TPSA) is 0 Å². The number of rotatable bonds is 0. The zero-order valence-electron chi connectivity index (χ0n) is 4.23. The highest BCUT2D eigenvalue weighted by atomic mass is 32.1. The Bertz CT molecular complexity index is 167. The fraction of sp³-hybridized carbons (Fsp3) is 0.167. The first-order valence-electron chi connectivity index (χ1n) is 2.34. The maximum Gasteiger partial charge on any atom is 0.105 e. The molecule has 0 saturated carbocycles. The van der Waals surface area contributed by atoms with Crippen LogP contribution in [0.1, 0.15) is 6.42 Å². The summed E-state index contributed by atoms with van der Waals surface area (Å²) in [5.41, 5.74) is 0. The lowest BCUT2D eigenvalue weighted by Gasteiger charge is -1.97. The zero-order chi connectivity index (χ0) is 5.98. The third-order valence-corrected chi connectivity index (χ3v) is 1.18. The Hall–Kier alpha value is -0.500. The standard InChI is InChI=1S/C6H5FS/c7-5-2-1-3-6(8)4-5/h1-3H,4H2. The number of thiocarbonyl (C=S) groups is 1. The molecule has 0 aromatic heterocycles. The molecular formula is C6H5FS. The van der Waals surface area contributed by atoms with Crippen LogP contribution in [-0.4, -0.2) is 4.86 Å². The van der Waals surface area contributed by atoms with Crippen molar-refractivity contribution in [3.8, 4) is 0 Å². The first-order chi connectivity index (χ1) is 3.79. The van der Waals surface area contributed by atoms with Crippen molar-refractivity contribution in [3.63, 3.8) is 0 Å². The molecule has 0 unspecified atom stereocenters. The summed E-state index contributed by atoms with van der Waals surface area (Å²) in [7, 11) is 0. The minimum atomic E-state index is -0.141. The van der Waals surface area contributed by atoms with Crippen LogP contribution in [0.3, 0.4) is 0 Å². The van der Waals surface area contributed by atoms with Crippen LogP contribution < -0.4 is 0 Å². The summed E-state index contributed by atoms with van der Waals surface area (Å²) in [6.07, 6.45) is 5.10. The van der Waals surface area contributed by atoms with Crippen molar-refractivity contribution >= 4 is 17.1 Å². The summed E-state index contributed by atoms with van der Waals surface area (Å²) in [5, 5.41) is 0. The summed E-state index contributed by atoms with van der Waals surface area (Å²) in [6, 6.07) is 0. The van der Waals surface area contributed by atoms with Crippen molar-refractivity contribution in [1.29, 1.82) is 0 Å². The molecule has 42 valence electrons. The summed E-state index contributed by atoms with van der Waals surface area (Å²) < 4.78 is 12.2. The average Bonchev–Trinajstić information content (AvgIpc) is 1.64.